The first-order valence-corrected chi connectivity index (χ1v) is 8.34. The molecule has 0 aliphatic heterocycles. The molecule has 2 nitrogen and oxygen atoms in total. The van der Waals surface area contributed by atoms with Gasteiger partial charge in [-0.1, -0.05) is 53.5 Å². The van der Waals surface area contributed by atoms with E-state index in [1.807, 2.05) is 60.7 Å². The van der Waals surface area contributed by atoms with Gasteiger partial charge in [0.15, 0.2) is 0 Å². The van der Waals surface area contributed by atoms with E-state index in [0.717, 1.165) is 28.1 Å². The second-order valence-electron chi connectivity index (χ2n) is 5.38. The minimum Gasteiger partial charge on any atom is -0.496 e. The maximum atomic E-state index is 6.19. The molecule has 3 aromatic carbocycles. The summed E-state index contributed by atoms with van der Waals surface area (Å²) in [7, 11) is 1.67. The molecule has 0 amide bonds. The van der Waals surface area contributed by atoms with Gasteiger partial charge in [0.05, 0.1) is 17.8 Å². The summed E-state index contributed by atoms with van der Waals surface area (Å²) in [5.41, 5.74) is 4.09. The quantitative estimate of drug-likeness (QED) is 0.579. The molecule has 0 heterocycles. The predicted molar refractivity (Wildman–Crippen MR) is 102 cm³/mol. The number of rotatable bonds is 5. The van der Waals surface area contributed by atoms with E-state index < -0.39 is 0 Å². The third-order valence-corrected chi connectivity index (χ3v) is 4.32. The molecule has 0 bridgehead atoms. The van der Waals surface area contributed by atoms with Crippen LogP contribution >= 0.6 is 23.2 Å². The number of hydrogen-bond acceptors (Lipinski definition) is 2. The van der Waals surface area contributed by atoms with Crippen LogP contribution in [0.1, 0.15) is 5.56 Å². The van der Waals surface area contributed by atoms with Gasteiger partial charge in [0.25, 0.3) is 0 Å². The summed E-state index contributed by atoms with van der Waals surface area (Å²) in [6.45, 7) is 0.668. The van der Waals surface area contributed by atoms with Gasteiger partial charge in [-0.25, -0.2) is 0 Å². The highest BCUT2D eigenvalue weighted by Crippen LogP contribution is 2.32. The summed E-state index contributed by atoms with van der Waals surface area (Å²) < 4.78 is 5.49. The highest BCUT2D eigenvalue weighted by atomic mass is 35.5. The SMILES string of the molecule is COc1ccc(CNc2ccccc2Cl)cc1-c1cccc(Cl)c1. The molecule has 24 heavy (non-hydrogen) atoms. The number of nitrogens with one attached hydrogen (secondary N) is 1. The Hall–Kier alpha value is -2.16. The summed E-state index contributed by atoms with van der Waals surface area (Å²) in [5.74, 6) is 0.818. The summed E-state index contributed by atoms with van der Waals surface area (Å²) in [6.07, 6.45) is 0. The number of halogens is 2. The zero-order valence-electron chi connectivity index (χ0n) is 13.2. The van der Waals surface area contributed by atoms with Crippen molar-refractivity contribution in [2.75, 3.05) is 12.4 Å². The largest absolute Gasteiger partial charge is 0.496 e. The van der Waals surface area contributed by atoms with E-state index in [0.29, 0.717) is 16.6 Å². The van der Waals surface area contributed by atoms with Crippen molar-refractivity contribution < 1.29 is 4.74 Å². The highest BCUT2D eigenvalue weighted by molar-refractivity contribution is 6.33. The second-order valence-corrected chi connectivity index (χ2v) is 6.22. The molecule has 0 radical (unpaired) electrons. The molecule has 0 atom stereocenters. The minimum absolute atomic E-state index is 0.668. The van der Waals surface area contributed by atoms with E-state index in [1.54, 1.807) is 7.11 Å². The topological polar surface area (TPSA) is 21.3 Å². The Kier molecular flexibility index (Phi) is 5.29. The molecule has 122 valence electrons. The molecular formula is C20H17Cl2NO. The molecule has 0 saturated heterocycles. The Morgan fingerprint density at radius 2 is 1.75 bits per heavy atom. The smallest absolute Gasteiger partial charge is 0.126 e. The summed E-state index contributed by atoms with van der Waals surface area (Å²) in [5, 5.41) is 4.77. The lowest BCUT2D eigenvalue weighted by molar-refractivity contribution is 0.416. The Bertz CT molecular complexity index is 849. The molecule has 1 N–H and O–H groups in total. The fourth-order valence-electron chi connectivity index (χ4n) is 2.55. The van der Waals surface area contributed by atoms with Crippen molar-refractivity contribution in [2.45, 2.75) is 6.54 Å². The standard InChI is InChI=1S/C20H17Cl2NO/c1-24-20-10-9-14(13-23-19-8-3-2-7-18(19)22)11-17(20)15-5-4-6-16(21)12-15/h2-12,23H,13H2,1H3. The van der Waals surface area contributed by atoms with Crippen molar-refractivity contribution in [2.24, 2.45) is 0 Å². The van der Waals surface area contributed by atoms with Crippen LogP contribution in [-0.2, 0) is 6.54 Å². The fourth-order valence-corrected chi connectivity index (χ4v) is 2.94. The van der Waals surface area contributed by atoms with Crippen molar-refractivity contribution in [1.29, 1.82) is 0 Å². The van der Waals surface area contributed by atoms with Gasteiger partial charge >= 0.3 is 0 Å². The van der Waals surface area contributed by atoms with Crippen LogP contribution in [0.4, 0.5) is 5.69 Å². The molecule has 0 spiro atoms. The van der Waals surface area contributed by atoms with Gasteiger partial charge in [-0.3, -0.25) is 0 Å². The first-order valence-electron chi connectivity index (χ1n) is 7.58. The average molecular weight is 358 g/mol. The van der Waals surface area contributed by atoms with Gasteiger partial charge in [0.2, 0.25) is 0 Å². The number of para-hydroxylation sites is 1. The van der Waals surface area contributed by atoms with E-state index >= 15 is 0 Å². The van der Waals surface area contributed by atoms with E-state index in [1.165, 1.54) is 0 Å². The molecule has 0 aromatic heterocycles. The lowest BCUT2D eigenvalue weighted by atomic mass is 10.0. The van der Waals surface area contributed by atoms with Crippen LogP contribution in [0.5, 0.6) is 5.75 Å². The molecule has 3 rings (SSSR count). The number of hydrogen-bond donors (Lipinski definition) is 1. The van der Waals surface area contributed by atoms with Crippen LogP contribution in [0.2, 0.25) is 10.0 Å². The van der Waals surface area contributed by atoms with Gasteiger partial charge < -0.3 is 10.1 Å². The third-order valence-electron chi connectivity index (χ3n) is 3.76. The van der Waals surface area contributed by atoms with Crippen LogP contribution in [0.25, 0.3) is 11.1 Å². The monoisotopic (exact) mass is 357 g/mol. The Morgan fingerprint density at radius 3 is 2.50 bits per heavy atom. The molecule has 4 heteroatoms. The van der Waals surface area contributed by atoms with Crippen LogP contribution in [0.15, 0.2) is 66.7 Å². The van der Waals surface area contributed by atoms with Crippen molar-refractivity contribution in [3.05, 3.63) is 82.3 Å². The summed E-state index contributed by atoms with van der Waals surface area (Å²) >= 11 is 12.3. The van der Waals surface area contributed by atoms with Crippen LogP contribution in [0, 0.1) is 0 Å². The fraction of sp³-hybridized carbons (Fsp3) is 0.100. The first-order chi connectivity index (χ1) is 11.7. The van der Waals surface area contributed by atoms with Crippen molar-refractivity contribution in [3.8, 4) is 16.9 Å². The Balaban J connectivity index is 1.88. The number of anilines is 1. The summed E-state index contributed by atoms with van der Waals surface area (Å²) in [4.78, 5) is 0. The normalized spacial score (nSPS) is 10.5. The van der Waals surface area contributed by atoms with Gasteiger partial charge in [-0.2, -0.15) is 0 Å². The molecule has 0 aliphatic carbocycles. The molecule has 0 saturated carbocycles. The van der Waals surface area contributed by atoms with Crippen LogP contribution in [-0.4, -0.2) is 7.11 Å². The maximum Gasteiger partial charge on any atom is 0.126 e. The zero-order valence-corrected chi connectivity index (χ0v) is 14.7. The molecular weight excluding hydrogens is 341 g/mol. The number of ether oxygens (including phenoxy) is 1. The maximum absolute atomic E-state index is 6.19. The van der Waals surface area contributed by atoms with Crippen LogP contribution in [0.3, 0.4) is 0 Å². The van der Waals surface area contributed by atoms with E-state index in [9.17, 15) is 0 Å². The van der Waals surface area contributed by atoms with Gasteiger partial charge in [0.1, 0.15) is 5.75 Å². The first kappa shape index (κ1) is 16.7. The van der Waals surface area contributed by atoms with E-state index in [-0.39, 0.29) is 0 Å². The predicted octanol–water partition coefficient (Wildman–Crippen LogP) is 6.28. The van der Waals surface area contributed by atoms with E-state index in [4.69, 9.17) is 27.9 Å². The van der Waals surface area contributed by atoms with Crippen molar-refractivity contribution in [3.63, 3.8) is 0 Å². The zero-order chi connectivity index (χ0) is 16.9. The second kappa shape index (κ2) is 7.61. The number of benzene rings is 3. The Morgan fingerprint density at radius 1 is 0.917 bits per heavy atom. The molecule has 0 unspecified atom stereocenters. The minimum atomic E-state index is 0.668. The van der Waals surface area contributed by atoms with Gasteiger partial charge in [0, 0.05) is 17.1 Å². The number of methoxy groups -OCH3 is 1. The van der Waals surface area contributed by atoms with Gasteiger partial charge in [-0.15, -0.1) is 0 Å². The average Bonchev–Trinajstić information content (AvgIpc) is 2.61. The lowest BCUT2D eigenvalue weighted by Crippen LogP contribution is -2.00. The van der Waals surface area contributed by atoms with Gasteiger partial charge in [-0.05, 0) is 47.5 Å². The van der Waals surface area contributed by atoms with Crippen molar-refractivity contribution in [1.82, 2.24) is 0 Å². The Labute approximate surface area is 152 Å². The molecule has 0 fully saturated rings. The van der Waals surface area contributed by atoms with Crippen LogP contribution < -0.4 is 10.1 Å². The molecule has 0 aliphatic rings. The highest BCUT2D eigenvalue weighted by Gasteiger charge is 2.08. The summed E-state index contributed by atoms with van der Waals surface area (Å²) in [6, 6.07) is 21.6. The molecule has 3 aromatic rings. The third kappa shape index (κ3) is 3.84. The van der Waals surface area contributed by atoms with E-state index in [2.05, 4.69) is 11.4 Å². The lowest BCUT2D eigenvalue weighted by Gasteiger charge is -2.13. The van der Waals surface area contributed by atoms with Crippen molar-refractivity contribution >= 4 is 28.9 Å².